The molecule has 5 rings (SSSR count). The number of hydrogen-bond acceptors (Lipinski definition) is 4. The Labute approximate surface area is 194 Å². The van der Waals surface area contributed by atoms with Gasteiger partial charge in [-0.15, -0.1) is 0 Å². The summed E-state index contributed by atoms with van der Waals surface area (Å²) in [6.45, 7) is 4.75. The highest BCUT2D eigenvalue weighted by Crippen LogP contribution is 2.25. The third-order valence-corrected chi connectivity index (χ3v) is 6.56. The van der Waals surface area contributed by atoms with E-state index >= 15 is 0 Å². The number of ether oxygens (including phenoxy) is 1. The Morgan fingerprint density at radius 3 is 2.48 bits per heavy atom. The smallest absolute Gasteiger partial charge is 0.260 e. The number of rotatable bonds is 6. The standard InChI is InChI=1S/C27H29N3O3/c31-26-12-5-13-30(26)23-9-4-10-24(18-23)33-20-27(32)29-16-14-28(15-17-29)19-22-8-3-7-21-6-1-2-11-25(21)22/h1-4,6-11,18H,5,12-17,19-20H2. The van der Waals surface area contributed by atoms with Crippen molar-refractivity contribution in [3.05, 3.63) is 72.3 Å². The molecule has 6 heteroatoms. The highest BCUT2D eigenvalue weighted by molar-refractivity contribution is 5.95. The van der Waals surface area contributed by atoms with E-state index < -0.39 is 0 Å². The fourth-order valence-electron chi connectivity index (χ4n) is 4.73. The van der Waals surface area contributed by atoms with Gasteiger partial charge in [-0.1, -0.05) is 48.5 Å². The second-order valence-corrected chi connectivity index (χ2v) is 8.73. The van der Waals surface area contributed by atoms with E-state index in [1.165, 1.54) is 16.3 Å². The van der Waals surface area contributed by atoms with Crippen LogP contribution in [0.5, 0.6) is 5.75 Å². The summed E-state index contributed by atoms with van der Waals surface area (Å²) in [6, 6.07) is 22.4. The maximum absolute atomic E-state index is 12.7. The number of hydrogen-bond donors (Lipinski definition) is 0. The SMILES string of the molecule is O=C(COc1cccc(N2CCCC2=O)c1)N1CCN(Cc2cccc3ccccc23)CC1. The average Bonchev–Trinajstić information content (AvgIpc) is 3.29. The van der Waals surface area contributed by atoms with Crippen LogP contribution in [0.1, 0.15) is 18.4 Å². The number of carbonyl (C=O) groups excluding carboxylic acids is 2. The van der Waals surface area contributed by atoms with Gasteiger partial charge in [0.15, 0.2) is 6.61 Å². The zero-order valence-corrected chi connectivity index (χ0v) is 18.8. The molecule has 0 N–H and O–H groups in total. The van der Waals surface area contributed by atoms with Crippen molar-refractivity contribution in [3.8, 4) is 5.75 Å². The molecule has 2 amide bonds. The topological polar surface area (TPSA) is 53.1 Å². The van der Waals surface area contributed by atoms with E-state index in [9.17, 15) is 9.59 Å². The van der Waals surface area contributed by atoms with E-state index in [1.807, 2.05) is 29.2 Å². The molecule has 2 aliphatic heterocycles. The van der Waals surface area contributed by atoms with E-state index in [-0.39, 0.29) is 18.4 Å². The molecule has 3 aromatic carbocycles. The first kappa shape index (κ1) is 21.5. The molecule has 0 saturated carbocycles. The van der Waals surface area contributed by atoms with Crippen LogP contribution in [0.4, 0.5) is 5.69 Å². The molecular weight excluding hydrogens is 414 g/mol. The lowest BCUT2D eigenvalue weighted by Gasteiger charge is -2.35. The van der Waals surface area contributed by atoms with Crippen molar-refractivity contribution in [3.63, 3.8) is 0 Å². The van der Waals surface area contributed by atoms with Crippen LogP contribution in [0.2, 0.25) is 0 Å². The first-order chi connectivity index (χ1) is 16.2. The van der Waals surface area contributed by atoms with Crippen LogP contribution < -0.4 is 9.64 Å². The van der Waals surface area contributed by atoms with Crippen molar-refractivity contribution in [2.24, 2.45) is 0 Å². The van der Waals surface area contributed by atoms with E-state index in [2.05, 4.69) is 47.4 Å². The predicted octanol–water partition coefficient (Wildman–Crippen LogP) is 3.69. The van der Waals surface area contributed by atoms with Crippen molar-refractivity contribution in [1.29, 1.82) is 0 Å². The zero-order chi connectivity index (χ0) is 22.6. The van der Waals surface area contributed by atoms with Crippen molar-refractivity contribution in [2.45, 2.75) is 19.4 Å². The lowest BCUT2D eigenvalue weighted by Crippen LogP contribution is -2.49. The van der Waals surface area contributed by atoms with Gasteiger partial charge in [0.05, 0.1) is 0 Å². The zero-order valence-electron chi connectivity index (χ0n) is 18.8. The van der Waals surface area contributed by atoms with Crippen molar-refractivity contribution in [1.82, 2.24) is 9.80 Å². The van der Waals surface area contributed by atoms with E-state index in [0.29, 0.717) is 25.3 Å². The largest absolute Gasteiger partial charge is 0.484 e. The molecule has 0 atom stereocenters. The number of anilines is 1. The minimum Gasteiger partial charge on any atom is -0.484 e. The molecule has 0 spiro atoms. The Hall–Kier alpha value is -3.38. The Bertz CT molecular complexity index is 1150. The molecule has 0 aromatic heterocycles. The van der Waals surface area contributed by atoms with Crippen LogP contribution in [0, 0.1) is 0 Å². The Morgan fingerprint density at radius 1 is 0.879 bits per heavy atom. The molecule has 2 aliphatic rings. The molecule has 6 nitrogen and oxygen atoms in total. The van der Waals surface area contributed by atoms with Crippen LogP contribution in [0.3, 0.4) is 0 Å². The summed E-state index contributed by atoms with van der Waals surface area (Å²) < 4.78 is 5.78. The summed E-state index contributed by atoms with van der Waals surface area (Å²) in [7, 11) is 0. The van der Waals surface area contributed by atoms with Crippen LogP contribution >= 0.6 is 0 Å². The number of piperazine rings is 1. The normalized spacial score (nSPS) is 17.0. The lowest BCUT2D eigenvalue weighted by atomic mass is 10.0. The number of fused-ring (bicyclic) bond motifs is 1. The van der Waals surface area contributed by atoms with Gasteiger partial charge >= 0.3 is 0 Å². The summed E-state index contributed by atoms with van der Waals surface area (Å²) in [4.78, 5) is 30.8. The minimum atomic E-state index is 0.00228. The lowest BCUT2D eigenvalue weighted by molar-refractivity contribution is -0.135. The fraction of sp³-hybridized carbons (Fsp3) is 0.333. The highest BCUT2D eigenvalue weighted by Gasteiger charge is 2.23. The van der Waals surface area contributed by atoms with Crippen LogP contribution in [-0.2, 0) is 16.1 Å². The molecule has 170 valence electrons. The summed E-state index contributed by atoms with van der Waals surface area (Å²) in [5.41, 5.74) is 2.16. The monoisotopic (exact) mass is 443 g/mol. The molecule has 0 radical (unpaired) electrons. The van der Waals surface area contributed by atoms with Gasteiger partial charge in [-0.25, -0.2) is 0 Å². The summed E-state index contributed by atoms with van der Waals surface area (Å²) in [5, 5.41) is 2.56. The van der Waals surface area contributed by atoms with Gasteiger partial charge in [0, 0.05) is 57.4 Å². The molecule has 2 saturated heterocycles. The van der Waals surface area contributed by atoms with Crippen molar-refractivity contribution in [2.75, 3.05) is 44.2 Å². The van der Waals surface area contributed by atoms with E-state index in [1.54, 1.807) is 4.90 Å². The van der Waals surface area contributed by atoms with Crippen molar-refractivity contribution < 1.29 is 14.3 Å². The van der Waals surface area contributed by atoms with Gasteiger partial charge in [0.25, 0.3) is 5.91 Å². The quantitative estimate of drug-likeness (QED) is 0.583. The molecule has 2 heterocycles. The van der Waals surface area contributed by atoms with Crippen LogP contribution in [0.25, 0.3) is 10.8 Å². The molecule has 2 fully saturated rings. The van der Waals surface area contributed by atoms with Gasteiger partial charge in [0.1, 0.15) is 5.75 Å². The van der Waals surface area contributed by atoms with Gasteiger partial charge < -0.3 is 14.5 Å². The molecular formula is C27H29N3O3. The van der Waals surface area contributed by atoms with Gasteiger partial charge in [-0.05, 0) is 34.9 Å². The van der Waals surface area contributed by atoms with Gasteiger partial charge in [-0.3, -0.25) is 14.5 Å². The maximum Gasteiger partial charge on any atom is 0.260 e. The second kappa shape index (κ2) is 9.63. The first-order valence-electron chi connectivity index (χ1n) is 11.7. The summed E-state index contributed by atoms with van der Waals surface area (Å²) in [6.07, 6.45) is 1.48. The van der Waals surface area contributed by atoms with Crippen LogP contribution in [0.15, 0.2) is 66.7 Å². The van der Waals surface area contributed by atoms with E-state index in [0.717, 1.165) is 38.3 Å². The molecule has 0 unspecified atom stereocenters. The number of amides is 2. The van der Waals surface area contributed by atoms with Crippen molar-refractivity contribution >= 4 is 28.3 Å². The number of nitrogens with zero attached hydrogens (tertiary/aromatic N) is 3. The maximum atomic E-state index is 12.7. The third kappa shape index (κ3) is 4.86. The summed E-state index contributed by atoms with van der Waals surface area (Å²) in [5.74, 6) is 0.766. The van der Waals surface area contributed by atoms with Gasteiger partial charge in [0.2, 0.25) is 5.91 Å². The second-order valence-electron chi connectivity index (χ2n) is 8.73. The Balaban J connectivity index is 1.13. The Morgan fingerprint density at radius 2 is 1.67 bits per heavy atom. The Kier molecular flexibility index (Phi) is 6.26. The number of benzene rings is 3. The summed E-state index contributed by atoms with van der Waals surface area (Å²) >= 11 is 0. The minimum absolute atomic E-state index is 0.00228. The molecule has 0 bridgehead atoms. The molecule has 0 aliphatic carbocycles. The molecule has 3 aromatic rings. The highest BCUT2D eigenvalue weighted by atomic mass is 16.5. The first-order valence-corrected chi connectivity index (χ1v) is 11.7. The molecule has 33 heavy (non-hydrogen) atoms. The third-order valence-electron chi connectivity index (χ3n) is 6.56. The fourth-order valence-corrected chi connectivity index (χ4v) is 4.73. The van der Waals surface area contributed by atoms with E-state index in [4.69, 9.17) is 4.74 Å². The van der Waals surface area contributed by atoms with Crippen LogP contribution in [-0.4, -0.2) is 60.9 Å². The number of carbonyl (C=O) groups is 2. The van der Waals surface area contributed by atoms with Gasteiger partial charge in [-0.2, -0.15) is 0 Å². The predicted molar refractivity (Wildman–Crippen MR) is 129 cm³/mol. The average molecular weight is 444 g/mol.